The van der Waals surface area contributed by atoms with Gasteiger partial charge in [0.05, 0.1) is 12.7 Å². The summed E-state index contributed by atoms with van der Waals surface area (Å²) in [4.78, 5) is 30.2. The number of fused-ring (bicyclic) bond motifs is 1. The molecule has 0 aromatic heterocycles. The highest BCUT2D eigenvalue weighted by molar-refractivity contribution is 6.00. The van der Waals surface area contributed by atoms with E-state index in [4.69, 9.17) is 4.74 Å². The summed E-state index contributed by atoms with van der Waals surface area (Å²) in [6.45, 7) is 2.01. The van der Waals surface area contributed by atoms with E-state index in [2.05, 4.69) is 6.07 Å². The molecule has 2 aliphatic rings. The number of ether oxygens (including phenoxy) is 1. The molecule has 2 aliphatic heterocycles. The molecule has 2 aromatic carbocycles. The Morgan fingerprint density at radius 3 is 2.37 bits per heavy atom. The molecule has 5 nitrogen and oxygen atoms in total. The molecule has 140 valence electrons. The highest BCUT2D eigenvalue weighted by Gasteiger charge is 2.38. The molecule has 1 saturated heterocycles. The minimum absolute atomic E-state index is 0.0604. The maximum Gasteiger partial charge on any atom is 0.258 e. The number of benzene rings is 2. The average molecular weight is 364 g/mol. The number of likely N-dealkylation sites (tertiary alicyclic amines) is 1. The number of nitrogens with zero attached hydrogens (tertiary/aromatic N) is 2. The van der Waals surface area contributed by atoms with E-state index in [9.17, 15) is 9.59 Å². The topological polar surface area (TPSA) is 49.9 Å². The first-order valence-corrected chi connectivity index (χ1v) is 9.48. The van der Waals surface area contributed by atoms with Crippen LogP contribution < -0.4 is 4.74 Å². The van der Waals surface area contributed by atoms with Crippen molar-refractivity contribution in [3.05, 3.63) is 65.2 Å². The van der Waals surface area contributed by atoms with Gasteiger partial charge in [0.25, 0.3) is 5.91 Å². The lowest BCUT2D eigenvalue weighted by molar-refractivity contribution is -0.135. The van der Waals surface area contributed by atoms with Crippen LogP contribution >= 0.6 is 0 Å². The Kier molecular flexibility index (Phi) is 4.84. The third-order valence-electron chi connectivity index (χ3n) is 5.55. The Morgan fingerprint density at radius 1 is 0.963 bits per heavy atom. The van der Waals surface area contributed by atoms with Crippen molar-refractivity contribution in [1.29, 1.82) is 0 Å². The lowest BCUT2D eigenvalue weighted by Crippen LogP contribution is -2.53. The van der Waals surface area contributed by atoms with E-state index >= 15 is 0 Å². The zero-order valence-electron chi connectivity index (χ0n) is 15.6. The van der Waals surface area contributed by atoms with Gasteiger partial charge in [-0.05, 0) is 36.1 Å². The fourth-order valence-electron chi connectivity index (χ4n) is 4.08. The van der Waals surface area contributed by atoms with Crippen LogP contribution in [0, 0.1) is 0 Å². The SMILES string of the molecule is COc1ccccc1C(=O)N1Cc2ccccc2CC1C(=O)N1CCCC1. The minimum atomic E-state index is -0.463. The lowest BCUT2D eigenvalue weighted by Gasteiger charge is -2.38. The molecule has 1 atom stereocenters. The summed E-state index contributed by atoms with van der Waals surface area (Å²) in [6.07, 6.45) is 2.64. The molecule has 4 rings (SSSR count). The van der Waals surface area contributed by atoms with Gasteiger partial charge in [-0.1, -0.05) is 36.4 Å². The molecular weight excluding hydrogens is 340 g/mol. The van der Waals surface area contributed by atoms with Gasteiger partial charge in [0.15, 0.2) is 0 Å². The van der Waals surface area contributed by atoms with Gasteiger partial charge in [-0.3, -0.25) is 9.59 Å². The molecule has 0 aliphatic carbocycles. The van der Waals surface area contributed by atoms with Crippen LogP contribution in [0.4, 0.5) is 0 Å². The van der Waals surface area contributed by atoms with Gasteiger partial charge in [-0.15, -0.1) is 0 Å². The summed E-state index contributed by atoms with van der Waals surface area (Å²) < 4.78 is 5.38. The van der Waals surface area contributed by atoms with Crippen LogP contribution in [-0.2, 0) is 17.8 Å². The summed E-state index contributed by atoms with van der Waals surface area (Å²) >= 11 is 0. The maximum absolute atomic E-state index is 13.4. The van der Waals surface area contributed by atoms with Crippen molar-refractivity contribution >= 4 is 11.8 Å². The quantitative estimate of drug-likeness (QED) is 0.841. The van der Waals surface area contributed by atoms with Gasteiger partial charge in [0.2, 0.25) is 5.91 Å². The second kappa shape index (κ2) is 7.43. The predicted octanol–water partition coefficient (Wildman–Crippen LogP) is 2.88. The van der Waals surface area contributed by atoms with E-state index in [0.29, 0.717) is 24.3 Å². The fourth-order valence-corrected chi connectivity index (χ4v) is 4.08. The van der Waals surface area contributed by atoms with Gasteiger partial charge in [-0.2, -0.15) is 0 Å². The second-order valence-corrected chi connectivity index (χ2v) is 7.15. The first-order valence-electron chi connectivity index (χ1n) is 9.48. The van der Waals surface area contributed by atoms with E-state index in [0.717, 1.165) is 37.1 Å². The largest absolute Gasteiger partial charge is 0.496 e. The van der Waals surface area contributed by atoms with E-state index < -0.39 is 6.04 Å². The highest BCUT2D eigenvalue weighted by atomic mass is 16.5. The van der Waals surface area contributed by atoms with Crippen molar-refractivity contribution in [3.8, 4) is 5.75 Å². The number of methoxy groups -OCH3 is 1. The lowest BCUT2D eigenvalue weighted by atomic mass is 9.92. The third kappa shape index (κ3) is 3.29. The van der Waals surface area contributed by atoms with Crippen molar-refractivity contribution in [2.75, 3.05) is 20.2 Å². The normalized spacial score (nSPS) is 18.9. The van der Waals surface area contributed by atoms with Gasteiger partial charge in [0, 0.05) is 26.1 Å². The summed E-state index contributed by atoms with van der Waals surface area (Å²) in [5.74, 6) is 0.443. The first-order chi connectivity index (χ1) is 13.2. The minimum Gasteiger partial charge on any atom is -0.496 e. The molecular formula is C22H24N2O3. The fraction of sp³-hybridized carbons (Fsp3) is 0.364. The summed E-state index contributed by atoms with van der Waals surface area (Å²) in [6, 6.07) is 14.8. The Labute approximate surface area is 159 Å². The van der Waals surface area contributed by atoms with E-state index in [-0.39, 0.29) is 11.8 Å². The molecule has 5 heteroatoms. The number of rotatable bonds is 3. The van der Waals surface area contributed by atoms with Crippen molar-refractivity contribution in [2.24, 2.45) is 0 Å². The van der Waals surface area contributed by atoms with Crippen LogP contribution in [0.15, 0.2) is 48.5 Å². The molecule has 2 amide bonds. The number of para-hydroxylation sites is 1. The summed E-state index contributed by atoms with van der Waals surface area (Å²) in [5, 5.41) is 0. The number of hydrogen-bond donors (Lipinski definition) is 0. The van der Waals surface area contributed by atoms with Gasteiger partial charge in [0.1, 0.15) is 11.8 Å². The van der Waals surface area contributed by atoms with E-state index in [1.54, 1.807) is 24.1 Å². The van der Waals surface area contributed by atoms with Gasteiger partial charge in [-0.25, -0.2) is 0 Å². The van der Waals surface area contributed by atoms with Gasteiger partial charge < -0.3 is 14.5 Å². The average Bonchev–Trinajstić information content (AvgIpc) is 3.26. The number of hydrogen-bond acceptors (Lipinski definition) is 3. The molecule has 1 fully saturated rings. The Morgan fingerprint density at radius 2 is 1.63 bits per heavy atom. The number of carbonyl (C=O) groups is 2. The van der Waals surface area contributed by atoms with Crippen molar-refractivity contribution in [1.82, 2.24) is 9.80 Å². The van der Waals surface area contributed by atoms with Crippen LogP contribution in [0.5, 0.6) is 5.75 Å². The summed E-state index contributed by atoms with van der Waals surface area (Å²) in [5.41, 5.74) is 2.75. The Bertz CT molecular complexity index is 858. The third-order valence-corrected chi connectivity index (χ3v) is 5.55. The van der Waals surface area contributed by atoms with Gasteiger partial charge >= 0.3 is 0 Å². The molecule has 27 heavy (non-hydrogen) atoms. The smallest absolute Gasteiger partial charge is 0.258 e. The van der Waals surface area contributed by atoms with E-state index in [1.165, 1.54) is 0 Å². The monoisotopic (exact) mass is 364 g/mol. The molecule has 0 radical (unpaired) electrons. The molecule has 2 heterocycles. The zero-order valence-corrected chi connectivity index (χ0v) is 15.6. The van der Waals surface area contributed by atoms with E-state index in [1.807, 2.05) is 35.2 Å². The zero-order chi connectivity index (χ0) is 18.8. The number of amides is 2. The van der Waals surface area contributed by atoms with Crippen LogP contribution in [0.25, 0.3) is 0 Å². The van der Waals surface area contributed by atoms with Crippen molar-refractivity contribution < 1.29 is 14.3 Å². The Hall–Kier alpha value is -2.82. The molecule has 1 unspecified atom stereocenters. The van der Waals surface area contributed by atoms with Crippen molar-refractivity contribution in [3.63, 3.8) is 0 Å². The molecule has 2 aromatic rings. The number of carbonyl (C=O) groups excluding carboxylic acids is 2. The summed E-state index contributed by atoms with van der Waals surface area (Å²) in [7, 11) is 1.56. The molecule has 0 bridgehead atoms. The first kappa shape index (κ1) is 17.6. The van der Waals surface area contributed by atoms with Crippen LogP contribution in [0.2, 0.25) is 0 Å². The highest BCUT2D eigenvalue weighted by Crippen LogP contribution is 2.29. The second-order valence-electron chi connectivity index (χ2n) is 7.15. The Balaban J connectivity index is 1.70. The maximum atomic E-state index is 13.4. The van der Waals surface area contributed by atoms with Crippen LogP contribution in [0.1, 0.15) is 34.3 Å². The van der Waals surface area contributed by atoms with Crippen molar-refractivity contribution in [2.45, 2.75) is 31.8 Å². The molecule has 0 saturated carbocycles. The molecule has 0 spiro atoms. The predicted molar refractivity (Wildman–Crippen MR) is 103 cm³/mol. The van der Waals surface area contributed by atoms with Crippen LogP contribution in [0.3, 0.4) is 0 Å². The molecule has 0 N–H and O–H groups in total. The van der Waals surface area contributed by atoms with Crippen LogP contribution in [-0.4, -0.2) is 47.9 Å². The standard InChI is InChI=1S/C22H24N2O3/c1-27-20-11-5-4-10-18(20)21(25)24-15-17-9-3-2-8-16(17)14-19(24)22(26)23-12-6-7-13-23/h2-5,8-11,19H,6-7,12-15H2,1H3.